The number of carbonyl (C=O) groups excluding carboxylic acids is 1. The number of rotatable bonds is 4. The Morgan fingerprint density at radius 2 is 2.26 bits per heavy atom. The summed E-state index contributed by atoms with van der Waals surface area (Å²) in [5, 5.41) is 17.3. The first-order chi connectivity index (χ1) is 8.74. The van der Waals surface area contributed by atoms with Crippen LogP contribution in [0.4, 0.5) is 19.0 Å². The zero-order valence-electron chi connectivity index (χ0n) is 9.90. The van der Waals surface area contributed by atoms with Gasteiger partial charge in [-0.3, -0.25) is 9.48 Å². The molecule has 1 aromatic heterocycles. The van der Waals surface area contributed by atoms with Gasteiger partial charge < -0.3 is 16.3 Å². The molecule has 0 aliphatic heterocycles. The second-order valence-corrected chi connectivity index (χ2v) is 3.68. The zero-order valence-corrected chi connectivity index (χ0v) is 9.90. The molecule has 0 saturated heterocycles. The Bertz CT molecular complexity index is 495. The highest BCUT2D eigenvalue weighted by Crippen LogP contribution is 2.22. The minimum absolute atomic E-state index is 0.0578. The van der Waals surface area contributed by atoms with E-state index in [1.54, 1.807) is 0 Å². The Kier molecular flexibility index (Phi) is 4.35. The molecule has 0 unspecified atom stereocenters. The molecule has 7 nitrogen and oxygen atoms in total. The monoisotopic (exact) mass is 279 g/mol. The van der Waals surface area contributed by atoms with Gasteiger partial charge in [-0.15, -0.1) is 0 Å². The lowest BCUT2D eigenvalue weighted by atomic mass is 10.2. The number of hydrogen-bond acceptors (Lipinski definition) is 4. The van der Waals surface area contributed by atoms with Crippen molar-refractivity contribution < 1.29 is 23.2 Å². The number of hydrogen-bond donors (Lipinski definition) is 3. The first-order valence-electron chi connectivity index (χ1n) is 5.11. The molecular formula is C9H12F3N5O2. The standard InChI is InChI=1S/C9H12F3N5O2/c1-17-8(5(4-14-17)7(13)16-19)15-6(18)2-3-9(10,11)12/h4,19H,2-3H2,1H3,(H2,13,16)(H,15,18). The van der Waals surface area contributed by atoms with E-state index in [2.05, 4.69) is 15.6 Å². The summed E-state index contributed by atoms with van der Waals surface area (Å²) in [6, 6.07) is 0. The second kappa shape index (κ2) is 5.59. The van der Waals surface area contributed by atoms with Crippen molar-refractivity contribution in [3.8, 4) is 0 Å². The van der Waals surface area contributed by atoms with E-state index in [1.807, 2.05) is 0 Å². The van der Waals surface area contributed by atoms with Gasteiger partial charge in [0.15, 0.2) is 5.84 Å². The number of aromatic nitrogens is 2. The Morgan fingerprint density at radius 1 is 1.63 bits per heavy atom. The first kappa shape index (κ1) is 14.8. The molecule has 10 heteroatoms. The number of alkyl halides is 3. The topological polar surface area (TPSA) is 106 Å². The molecule has 19 heavy (non-hydrogen) atoms. The number of amidine groups is 1. The molecule has 0 aromatic carbocycles. The van der Waals surface area contributed by atoms with Gasteiger partial charge in [-0.05, 0) is 0 Å². The van der Waals surface area contributed by atoms with Crippen LogP contribution in [0, 0.1) is 0 Å². The third kappa shape index (κ3) is 4.16. The lowest BCUT2D eigenvalue weighted by Crippen LogP contribution is -2.21. The summed E-state index contributed by atoms with van der Waals surface area (Å²) in [7, 11) is 1.45. The maximum atomic E-state index is 12.0. The number of nitrogens with zero attached hydrogens (tertiary/aromatic N) is 3. The van der Waals surface area contributed by atoms with Gasteiger partial charge in [-0.2, -0.15) is 18.3 Å². The summed E-state index contributed by atoms with van der Waals surface area (Å²) in [5.74, 6) is -1.09. The van der Waals surface area contributed by atoms with Crippen molar-refractivity contribution in [2.24, 2.45) is 17.9 Å². The van der Waals surface area contributed by atoms with Crippen LogP contribution in [0.2, 0.25) is 0 Å². The Hall–Kier alpha value is -2.26. The molecular weight excluding hydrogens is 267 g/mol. The molecule has 1 aromatic rings. The van der Waals surface area contributed by atoms with Crippen molar-refractivity contribution in [1.29, 1.82) is 0 Å². The number of nitrogens with one attached hydrogen (secondary N) is 1. The molecule has 0 atom stereocenters. The maximum absolute atomic E-state index is 12.0. The molecule has 0 saturated carbocycles. The lowest BCUT2D eigenvalue weighted by Gasteiger charge is -2.09. The van der Waals surface area contributed by atoms with E-state index in [1.165, 1.54) is 17.9 Å². The van der Waals surface area contributed by atoms with E-state index in [4.69, 9.17) is 10.9 Å². The normalized spacial score (nSPS) is 12.5. The van der Waals surface area contributed by atoms with E-state index in [-0.39, 0.29) is 17.2 Å². The van der Waals surface area contributed by atoms with Crippen molar-refractivity contribution in [1.82, 2.24) is 9.78 Å². The van der Waals surface area contributed by atoms with E-state index in [9.17, 15) is 18.0 Å². The van der Waals surface area contributed by atoms with Crippen molar-refractivity contribution >= 4 is 17.6 Å². The molecule has 106 valence electrons. The lowest BCUT2D eigenvalue weighted by molar-refractivity contribution is -0.142. The predicted octanol–water partition coefficient (Wildman–Crippen LogP) is 0.796. The zero-order chi connectivity index (χ0) is 14.6. The molecule has 4 N–H and O–H groups in total. The number of oxime groups is 1. The smallest absolute Gasteiger partial charge is 0.389 e. The highest BCUT2D eigenvalue weighted by molar-refractivity contribution is 6.04. The maximum Gasteiger partial charge on any atom is 0.389 e. The van der Waals surface area contributed by atoms with Crippen LogP contribution in [0.5, 0.6) is 0 Å². The predicted molar refractivity (Wildman–Crippen MR) is 59.6 cm³/mol. The number of amides is 1. The largest absolute Gasteiger partial charge is 0.409 e. The molecule has 0 aliphatic rings. The fraction of sp³-hybridized carbons (Fsp3) is 0.444. The van der Waals surface area contributed by atoms with Crippen LogP contribution in [0.1, 0.15) is 18.4 Å². The van der Waals surface area contributed by atoms with Crippen LogP contribution in [0.3, 0.4) is 0 Å². The van der Waals surface area contributed by atoms with Gasteiger partial charge >= 0.3 is 6.18 Å². The quantitative estimate of drug-likeness (QED) is 0.328. The van der Waals surface area contributed by atoms with E-state index >= 15 is 0 Å². The van der Waals surface area contributed by atoms with Gasteiger partial charge in [0.25, 0.3) is 0 Å². The second-order valence-electron chi connectivity index (χ2n) is 3.68. The third-order valence-electron chi connectivity index (χ3n) is 2.22. The van der Waals surface area contributed by atoms with Gasteiger partial charge in [0, 0.05) is 13.5 Å². The highest BCUT2D eigenvalue weighted by Gasteiger charge is 2.28. The molecule has 1 amide bonds. The minimum Gasteiger partial charge on any atom is -0.409 e. The summed E-state index contributed by atoms with van der Waals surface area (Å²) < 4.78 is 37.1. The Labute approximate surface area is 105 Å². The highest BCUT2D eigenvalue weighted by atomic mass is 19.4. The summed E-state index contributed by atoms with van der Waals surface area (Å²) in [6.07, 6.45) is -5.13. The fourth-order valence-corrected chi connectivity index (χ4v) is 1.28. The van der Waals surface area contributed by atoms with Gasteiger partial charge in [0.05, 0.1) is 18.2 Å². The average molecular weight is 279 g/mol. The van der Waals surface area contributed by atoms with Crippen LogP contribution in [-0.2, 0) is 11.8 Å². The number of nitrogens with two attached hydrogens (primary N) is 1. The summed E-state index contributed by atoms with van der Waals surface area (Å²) in [4.78, 5) is 11.4. The molecule has 0 spiro atoms. The van der Waals surface area contributed by atoms with Crippen molar-refractivity contribution in [3.05, 3.63) is 11.8 Å². The first-order valence-corrected chi connectivity index (χ1v) is 5.11. The van der Waals surface area contributed by atoms with Crippen LogP contribution < -0.4 is 11.1 Å². The van der Waals surface area contributed by atoms with Crippen molar-refractivity contribution in [3.63, 3.8) is 0 Å². The number of anilines is 1. The average Bonchev–Trinajstić information content (AvgIpc) is 2.67. The van der Waals surface area contributed by atoms with Gasteiger partial charge in [0.1, 0.15) is 5.82 Å². The molecule has 1 heterocycles. The third-order valence-corrected chi connectivity index (χ3v) is 2.22. The van der Waals surface area contributed by atoms with Gasteiger partial charge in [0.2, 0.25) is 5.91 Å². The van der Waals surface area contributed by atoms with Gasteiger partial charge in [-0.25, -0.2) is 0 Å². The number of carbonyl (C=O) groups is 1. The Morgan fingerprint density at radius 3 is 2.79 bits per heavy atom. The van der Waals surface area contributed by atoms with Crippen LogP contribution >= 0.6 is 0 Å². The summed E-state index contributed by atoms with van der Waals surface area (Å²) >= 11 is 0. The van der Waals surface area contributed by atoms with Crippen LogP contribution in [0.15, 0.2) is 11.4 Å². The summed E-state index contributed by atoms with van der Waals surface area (Å²) in [6.45, 7) is 0. The van der Waals surface area contributed by atoms with Crippen molar-refractivity contribution in [2.75, 3.05) is 5.32 Å². The van der Waals surface area contributed by atoms with Crippen LogP contribution in [-0.4, -0.2) is 32.9 Å². The van der Waals surface area contributed by atoms with Gasteiger partial charge in [-0.1, -0.05) is 5.16 Å². The summed E-state index contributed by atoms with van der Waals surface area (Å²) in [5.41, 5.74) is 5.46. The van der Waals surface area contributed by atoms with Crippen LogP contribution in [0.25, 0.3) is 0 Å². The number of halogens is 3. The number of aryl methyl sites for hydroxylation is 1. The van der Waals surface area contributed by atoms with E-state index < -0.39 is 24.9 Å². The SMILES string of the molecule is Cn1ncc(C(N)=NO)c1NC(=O)CCC(F)(F)F. The molecule has 0 radical (unpaired) electrons. The Balaban J connectivity index is 2.77. The minimum atomic E-state index is -4.40. The molecule has 0 bridgehead atoms. The van der Waals surface area contributed by atoms with Crippen molar-refractivity contribution in [2.45, 2.75) is 19.0 Å². The van der Waals surface area contributed by atoms with E-state index in [0.29, 0.717) is 0 Å². The molecule has 0 aliphatic carbocycles. The fourth-order valence-electron chi connectivity index (χ4n) is 1.28. The molecule has 0 fully saturated rings. The molecule has 1 rings (SSSR count). The van der Waals surface area contributed by atoms with E-state index in [0.717, 1.165) is 0 Å².